The van der Waals surface area contributed by atoms with Gasteiger partial charge in [0.25, 0.3) is 5.91 Å². The van der Waals surface area contributed by atoms with Crippen molar-refractivity contribution in [3.63, 3.8) is 0 Å². The molecule has 3 heterocycles. The fourth-order valence-electron chi connectivity index (χ4n) is 4.13. The number of hydrogen-bond acceptors (Lipinski definition) is 3. The zero-order chi connectivity index (χ0) is 19.3. The summed E-state index contributed by atoms with van der Waals surface area (Å²) in [5, 5.41) is 1.98. The summed E-state index contributed by atoms with van der Waals surface area (Å²) in [6.45, 7) is 5.41. The van der Waals surface area contributed by atoms with E-state index < -0.39 is 0 Å². The molecule has 6 heteroatoms. The highest BCUT2D eigenvalue weighted by atomic mass is 32.1. The number of rotatable bonds is 6. The number of thiophene rings is 1. The van der Waals surface area contributed by atoms with Gasteiger partial charge in [0.05, 0.1) is 19.5 Å². The Hall–Kier alpha value is -2.28. The number of quaternary nitrogens is 2. The van der Waals surface area contributed by atoms with Crippen molar-refractivity contribution in [2.45, 2.75) is 19.0 Å². The summed E-state index contributed by atoms with van der Waals surface area (Å²) in [5.41, 5.74) is 1.23. The van der Waals surface area contributed by atoms with Crippen LogP contribution in [0.15, 0.2) is 53.9 Å². The third-order valence-corrected chi connectivity index (χ3v) is 6.61. The van der Waals surface area contributed by atoms with Gasteiger partial charge in [0.1, 0.15) is 26.2 Å². The molecule has 146 valence electrons. The van der Waals surface area contributed by atoms with Crippen LogP contribution >= 0.6 is 11.3 Å². The van der Waals surface area contributed by atoms with Crippen molar-refractivity contribution in [3.05, 3.63) is 64.4 Å². The minimum atomic E-state index is -0.186. The number of imide groups is 1. The van der Waals surface area contributed by atoms with E-state index in [0.29, 0.717) is 13.0 Å². The van der Waals surface area contributed by atoms with Gasteiger partial charge in [0, 0.05) is 4.88 Å². The van der Waals surface area contributed by atoms with E-state index in [9.17, 15) is 9.59 Å². The lowest BCUT2D eigenvalue weighted by molar-refractivity contribution is -1.02. The van der Waals surface area contributed by atoms with Crippen molar-refractivity contribution in [2.24, 2.45) is 0 Å². The molecule has 1 atom stereocenters. The molecule has 2 aliphatic rings. The molecule has 0 unspecified atom stereocenters. The van der Waals surface area contributed by atoms with Gasteiger partial charge in [0.15, 0.2) is 6.04 Å². The molecule has 4 rings (SSSR count). The molecule has 2 N–H and O–H groups in total. The number of benzene rings is 1. The number of amides is 2. The van der Waals surface area contributed by atoms with Gasteiger partial charge in [-0.1, -0.05) is 42.5 Å². The summed E-state index contributed by atoms with van der Waals surface area (Å²) in [6, 6.07) is 14.1. The van der Waals surface area contributed by atoms with Crippen molar-refractivity contribution < 1.29 is 19.4 Å². The molecule has 2 fully saturated rings. The van der Waals surface area contributed by atoms with Crippen LogP contribution < -0.4 is 9.80 Å². The first-order valence-electron chi connectivity index (χ1n) is 9.97. The van der Waals surface area contributed by atoms with Crippen LogP contribution in [-0.4, -0.2) is 55.5 Å². The second kappa shape index (κ2) is 8.82. The fourth-order valence-corrected chi connectivity index (χ4v) is 4.82. The summed E-state index contributed by atoms with van der Waals surface area (Å²) in [5.74, 6) is -0.00251. The van der Waals surface area contributed by atoms with Crippen LogP contribution in [0.25, 0.3) is 6.08 Å². The highest BCUT2D eigenvalue weighted by Crippen LogP contribution is 2.18. The number of piperazine rings is 1. The Labute approximate surface area is 169 Å². The summed E-state index contributed by atoms with van der Waals surface area (Å²) >= 11 is 1.59. The van der Waals surface area contributed by atoms with E-state index in [-0.39, 0.29) is 17.9 Å². The van der Waals surface area contributed by atoms with E-state index in [4.69, 9.17) is 0 Å². The predicted molar refractivity (Wildman–Crippen MR) is 110 cm³/mol. The standard InChI is InChI=1S/C22H25N3O2S/c26-21-16-20(22(27)25(21)17-19-9-5-15-28-19)24-13-11-23(12-14-24)10-4-8-18-6-2-1-3-7-18/h1-9,15,20H,10-14,16-17H2/p+2/b8-4+/t20-/m1/s1. The molecule has 1 aromatic heterocycles. The summed E-state index contributed by atoms with van der Waals surface area (Å²) in [4.78, 5) is 30.6. The molecular weight excluding hydrogens is 370 g/mol. The van der Waals surface area contributed by atoms with Gasteiger partial charge in [-0.2, -0.15) is 0 Å². The van der Waals surface area contributed by atoms with Crippen molar-refractivity contribution >= 4 is 29.2 Å². The maximum atomic E-state index is 12.8. The summed E-state index contributed by atoms with van der Waals surface area (Å²) in [7, 11) is 0. The average Bonchev–Trinajstić information content (AvgIpc) is 3.33. The Morgan fingerprint density at radius 2 is 1.82 bits per heavy atom. The molecule has 1 aromatic carbocycles. The second-order valence-electron chi connectivity index (χ2n) is 7.58. The lowest BCUT2D eigenvalue weighted by atomic mass is 10.1. The molecule has 2 aromatic rings. The van der Waals surface area contributed by atoms with Gasteiger partial charge in [-0.25, -0.2) is 0 Å². The first-order valence-corrected chi connectivity index (χ1v) is 10.8. The third kappa shape index (κ3) is 4.41. The number of likely N-dealkylation sites (tertiary alicyclic amines) is 1. The molecule has 2 amide bonds. The number of nitrogens with one attached hydrogen (secondary N) is 2. The summed E-state index contributed by atoms with van der Waals surface area (Å²) in [6.07, 6.45) is 4.78. The quantitative estimate of drug-likeness (QED) is 0.668. The Morgan fingerprint density at radius 1 is 1.04 bits per heavy atom. The highest BCUT2D eigenvalue weighted by molar-refractivity contribution is 7.09. The van der Waals surface area contributed by atoms with E-state index in [0.717, 1.165) is 37.6 Å². The van der Waals surface area contributed by atoms with Crippen LogP contribution in [0, 0.1) is 0 Å². The van der Waals surface area contributed by atoms with Crippen LogP contribution in [0.4, 0.5) is 0 Å². The first-order chi connectivity index (χ1) is 13.7. The van der Waals surface area contributed by atoms with E-state index >= 15 is 0 Å². The molecule has 0 radical (unpaired) electrons. The van der Waals surface area contributed by atoms with Crippen molar-refractivity contribution in [1.29, 1.82) is 0 Å². The largest absolute Gasteiger partial charge is 0.322 e. The van der Waals surface area contributed by atoms with Crippen LogP contribution in [-0.2, 0) is 16.1 Å². The topological polar surface area (TPSA) is 46.3 Å². The van der Waals surface area contributed by atoms with Gasteiger partial charge in [-0.3, -0.25) is 14.5 Å². The van der Waals surface area contributed by atoms with E-state index in [1.807, 2.05) is 23.6 Å². The van der Waals surface area contributed by atoms with Crippen molar-refractivity contribution in [3.8, 4) is 0 Å². The van der Waals surface area contributed by atoms with Gasteiger partial charge >= 0.3 is 0 Å². The Balaban J connectivity index is 1.27. The highest BCUT2D eigenvalue weighted by Gasteiger charge is 2.46. The molecule has 0 aliphatic carbocycles. The van der Waals surface area contributed by atoms with E-state index in [1.54, 1.807) is 16.2 Å². The Bertz CT molecular complexity index is 827. The number of hydrogen-bond donors (Lipinski definition) is 2. The molecule has 0 spiro atoms. The zero-order valence-corrected chi connectivity index (χ0v) is 16.8. The lowest BCUT2D eigenvalue weighted by Gasteiger charge is -2.31. The zero-order valence-electron chi connectivity index (χ0n) is 16.0. The van der Waals surface area contributed by atoms with Crippen LogP contribution in [0.2, 0.25) is 0 Å². The summed E-state index contributed by atoms with van der Waals surface area (Å²) < 4.78 is 0. The van der Waals surface area contributed by atoms with Gasteiger partial charge in [-0.15, -0.1) is 11.3 Å². The molecular formula is C22H27N3O2S+2. The fraction of sp³-hybridized carbons (Fsp3) is 0.364. The van der Waals surface area contributed by atoms with Crippen LogP contribution in [0.3, 0.4) is 0 Å². The predicted octanol–water partition coefficient (Wildman–Crippen LogP) is -0.128. The number of carbonyl (C=O) groups excluding carboxylic acids is 2. The lowest BCUT2D eigenvalue weighted by Crippen LogP contribution is -3.30. The van der Waals surface area contributed by atoms with Crippen LogP contribution in [0.5, 0.6) is 0 Å². The van der Waals surface area contributed by atoms with E-state index in [2.05, 4.69) is 36.4 Å². The smallest absolute Gasteiger partial charge is 0.288 e. The Morgan fingerprint density at radius 3 is 2.54 bits per heavy atom. The monoisotopic (exact) mass is 397 g/mol. The number of nitrogens with zero attached hydrogens (tertiary/aromatic N) is 1. The Kier molecular flexibility index (Phi) is 6.00. The molecule has 2 saturated heterocycles. The maximum absolute atomic E-state index is 12.8. The van der Waals surface area contributed by atoms with Gasteiger partial charge in [0.2, 0.25) is 5.91 Å². The normalized spacial score (nSPS) is 25.7. The second-order valence-corrected chi connectivity index (χ2v) is 8.61. The molecule has 0 bridgehead atoms. The number of carbonyl (C=O) groups is 2. The minimum Gasteiger partial charge on any atom is -0.322 e. The average molecular weight is 398 g/mol. The molecule has 0 saturated carbocycles. The minimum absolute atomic E-state index is 0.0147. The third-order valence-electron chi connectivity index (χ3n) is 5.75. The van der Waals surface area contributed by atoms with Crippen molar-refractivity contribution in [1.82, 2.24) is 4.90 Å². The SMILES string of the molecule is O=C1C[C@@H]([NH+]2CC[NH+](C/C=C/c3ccccc3)CC2)C(=O)N1Cc1cccs1. The molecule has 2 aliphatic heterocycles. The van der Waals surface area contributed by atoms with Gasteiger partial charge < -0.3 is 9.80 Å². The molecule has 5 nitrogen and oxygen atoms in total. The van der Waals surface area contributed by atoms with Gasteiger partial charge in [-0.05, 0) is 23.1 Å². The van der Waals surface area contributed by atoms with Crippen molar-refractivity contribution in [2.75, 3.05) is 32.7 Å². The van der Waals surface area contributed by atoms with Crippen LogP contribution in [0.1, 0.15) is 16.9 Å². The maximum Gasteiger partial charge on any atom is 0.288 e. The molecule has 28 heavy (non-hydrogen) atoms. The first kappa shape index (κ1) is 19.1. The van der Waals surface area contributed by atoms with E-state index in [1.165, 1.54) is 15.4 Å².